The second kappa shape index (κ2) is 8.88. The second-order valence-corrected chi connectivity index (χ2v) is 6.91. The number of carbonyl (C=O) groups excluding carboxylic acids is 1. The second-order valence-electron chi connectivity index (χ2n) is 6.06. The van der Waals surface area contributed by atoms with Crippen molar-refractivity contribution < 1.29 is 4.79 Å². The molecule has 2 rings (SSSR count). The normalized spacial score (nSPS) is 10.5. The van der Waals surface area contributed by atoms with Gasteiger partial charge in [0, 0.05) is 43.8 Å². The molecule has 24 heavy (non-hydrogen) atoms. The largest absolute Gasteiger partial charge is 0.378 e. The molecule has 0 saturated carbocycles. The van der Waals surface area contributed by atoms with Gasteiger partial charge in [-0.3, -0.25) is 4.79 Å². The summed E-state index contributed by atoms with van der Waals surface area (Å²) < 4.78 is 1.07. The fourth-order valence-electron chi connectivity index (χ4n) is 2.60. The Hall–Kier alpha value is -1.81. The Bertz CT molecular complexity index is 668. The lowest BCUT2D eigenvalue weighted by atomic mass is 10.1. The molecule has 1 amide bonds. The van der Waals surface area contributed by atoms with Crippen LogP contribution in [0.2, 0.25) is 0 Å². The van der Waals surface area contributed by atoms with Crippen LogP contribution >= 0.6 is 15.9 Å². The minimum absolute atomic E-state index is 0.199. The van der Waals surface area contributed by atoms with Gasteiger partial charge in [0.1, 0.15) is 0 Å². The van der Waals surface area contributed by atoms with Gasteiger partial charge >= 0.3 is 0 Å². The monoisotopic (exact) mass is 388 g/mol. The van der Waals surface area contributed by atoms with Crippen molar-refractivity contribution in [2.45, 2.75) is 26.3 Å². The van der Waals surface area contributed by atoms with Gasteiger partial charge in [-0.05, 0) is 42.7 Å². The van der Waals surface area contributed by atoms with Crippen LogP contribution in [-0.4, -0.2) is 31.4 Å². The van der Waals surface area contributed by atoms with Crippen LogP contribution in [-0.2, 0) is 17.8 Å². The van der Waals surface area contributed by atoms with Gasteiger partial charge in [-0.15, -0.1) is 0 Å². The highest BCUT2D eigenvalue weighted by Crippen LogP contribution is 2.18. The molecular formula is C20H25BrN2O. The number of rotatable bonds is 7. The Morgan fingerprint density at radius 3 is 2.29 bits per heavy atom. The van der Waals surface area contributed by atoms with Gasteiger partial charge in [-0.1, -0.05) is 46.3 Å². The number of hydrogen-bond donors (Lipinski definition) is 0. The van der Waals surface area contributed by atoms with Gasteiger partial charge in [-0.25, -0.2) is 0 Å². The third kappa shape index (κ3) is 5.10. The number of anilines is 1. The van der Waals surface area contributed by atoms with Crippen molar-refractivity contribution in [3.8, 4) is 0 Å². The van der Waals surface area contributed by atoms with Crippen LogP contribution in [0.25, 0.3) is 0 Å². The van der Waals surface area contributed by atoms with Crippen LogP contribution < -0.4 is 4.90 Å². The maximum atomic E-state index is 12.5. The fraction of sp³-hybridized carbons (Fsp3) is 0.350. The number of hydrogen-bond acceptors (Lipinski definition) is 2. The number of carbonyl (C=O) groups is 1. The average Bonchev–Trinajstić information content (AvgIpc) is 2.59. The quantitative estimate of drug-likeness (QED) is 0.696. The summed E-state index contributed by atoms with van der Waals surface area (Å²) in [6, 6.07) is 16.5. The Labute approximate surface area is 153 Å². The summed E-state index contributed by atoms with van der Waals surface area (Å²) in [6.07, 6.45) is 1.29. The summed E-state index contributed by atoms with van der Waals surface area (Å²) in [4.78, 5) is 16.5. The summed E-state index contributed by atoms with van der Waals surface area (Å²) in [6.45, 7) is 3.42. The van der Waals surface area contributed by atoms with Crippen LogP contribution in [0.15, 0.2) is 53.0 Å². The number of halogens is 1. The van der Waals surface area contributed by atoms with Crippen LogP contribution in [0.5, 0.6) is 0 Å². The lowest BCUT2D eigenvalue weighted by Crippen LogP contribution is -2.30. The first-order chi connectivity index (χ1) is 11.5. The first kappa shape index (κ1) is 18.5. The van der Waals surface area contributed by atoms with E-state index in [1.165, 1.54) is 11.3 Å². The van der Waals surface area contributed by atoms with E-state index in [0.717, 1.165) is 23.0 Å². The van der Waals surface area contributed by atoms with Crippen molar-refractivity contribution in [3.63, 3.8) is 0 Å². The lowest BCUT2D eigenvalue weighted by Gasteiger charge is -2.22. The van der Waals surface area contributed by atoms with E-state index in [0.29, 0.717) is 13.0 Å². The predicted molar refractivity (Wildman–Crippen MR) is 104 cm³/mol. The maximum Gasteiger partial charge on any atom is 0.223 e. The van der Waals surface area contributed by atoms with Crippen molar-refractivity contribution >= 4 is 27.5 Å². The van der Waals surface area contributed by atoms with E-state index in [-0.39, 0.29) is 5.91 Å². The lowest BCUT2D eigenvalue weighted by molar-refractivity contribution is -0.131. The third-order valence-corrected chi connectivity index (χ3v) is 4.90. The van der Waals surface area contributed by atoms with E-state index >= 15 is 0 Å². The molecule has 0 unspecified atom stereocenters. The molecule has 0 fully saturated rings. The maximum absolute atomic E-state index is 12.5. The van der Waals surface area contributed by atoms with Gasteiger partial charge in [0.2, 0.25) is 5.91 Å². The summed E-state index contributed by atoms with van der Waals surface area (Å²) in [5.41, 5.74) is 3.51. The average molecular weight is 389 g/mol. The van der Waals surface area contributed by atoms with Crippen LogP contribution in [0, 0.1) is 0 Å². The molecule has 4 heteroatoms. The van der Waals surface area contributed by atoms with E-state index in [1.54, 1.807) is 0 Å². The summed E-state index contributed by atoms with van der Waals surface area (Å²) in [5, 5.41) is 0. The molecular weight excluding hydrogens is 364 g/mol. The van der Waals surface area contributed by atoms with Gasteiger partial charge in [-0.2, -0.15) is 0 Å². The van der Waals surface area contributed by atoms with Crippen LogP contribution in [0.1, 0.15) is 24.5 Å². The Morgan fingerprint density at radius 1 is 1.04 bits per heavy atom. The molecule has 128 valence electrons. The predicted octanol–water partition coefficient (Wildman–Crippen LogP) is 4.50. The molecule has 2 aromatic rings. The fourth-order valence-corrected chi connectivity index (χ4v) is 3.08. The zero-order valence-electron chi connectivity index (χ0n) is 14.6. The first-order valence-electron chi connectivity index (χ1n) is 8.28. The van der Waals surface area contributed by atoms with E-state index in [4.69, 9.17) is 0 Å². The molecule has 0 aromatic heterocycles. The Morgan fingerprint density at radius 2 is 1.71 bits per heavy atom. The molecule has 0 heterocycles. The van der Waals surface area contributed by atoms with Crippen molar-refractivity contribution in [2.24, 2.45) is 0 Å². The number of benzene rings is 2. The van der Waals surface area contributed by atoms with E-state index in [9.17, 15) is 4.79 Å². The van der Waals surface area contributed by atoms with Gasteiger partial charge < -0.3 is 9.80 Å². The van der Waals surface area contributed by atoms with Crippen molar-refractivity contribution in [2.75, 3.05) is 25.5 Å². The Kier molecular flexibility index (Phi) is 6.85. The molecule has 3 nitrogen and oxygen atoms in total. The number of aryl methyl sites for hydroxylation is 1. The molecule has 0 bridgehead atoms. The number of amides is 1. The van der Waals surface area contributed by atoms with Crippen molar-refractivity contribution in [1.82, 2.24) is 4.90 Å². The first-order valence-corrected chi connectivity index (χ1v) is 9.08. The molecule has 0 spiro atoms. The summed E-state index contributed by atoms with van der Waals surface area (Å²) >= 11 is 3.54. The van der Waals surface area contributed by atoms with Gasteiger partial charge in [0.05, 0.1) is 0 Å². The molecule has 0 saturated heterocycles. The minimum atomic E-state index is 0.199. The highest BCUT2D eigenvalue weighted by molar-refractivity contribution is 9.10. The molecule has 0 N–H and O–H groups in total. The van der Waals surface area contributed by atoms with Crippen molar-refractivity contribution in [3.05, 3.63) is 64.1 Å². The smallest absolute Gasteiger partial charge is 0.223 e. The van der Waals surface area contributed by atoms with Crippen LogP contribution in [0.3, 0.4) is 0 Å². The molecule has 0 aliphatic rings. The molecule has 2 aromatic carbocycles. The minimum Gasteiger partial charge on any atom is -0.378 e. The van der Waals surface area contributed by atoms with Crippen molar-refractivity contribution in [1.29, 1.82) is 0 Å². The SMILES string of the molecule is CCN(Cc1ccc(N(C)C)cc1)C(=O)CCc1ccccc1Br. The van der Waals surface area contributed by atoms with Gasteiger partial charge in [0.25, 0.3) is 0 Å². The van der Waals surface area contributed by atoms with E-state index in [1.807, 2.05) is 44.1 Å². The highest BCUT2D eigenvalue weighted by Gasteiger charge is 2.13. The zero-order chi connectivity index (χ0) is 17.5. The topological polar surface area (TPSA) is 23.6 Å². The Balaban J connectivity index is 1.95. The zero-order valence-corrected chi connectivity index (χ0v) is 16.2. The molecule has 0 atom stereocenters. The standard InChI is InChI=1S/C20H25BrN2O/c1-4-23(15-16-9-12-18(13-10-16)22(2)3)20(24)14-11-17-7-5-6-8-19(17)21/h5-10,12-13H,4,11,14-15H2,1-3H3. The summed E-state index contributed by atoms with van der Waals surface area (Å²) in [5.74, 6) is 0.199. The van der Waals surface area contributed by atoms with E-state index < -0.39 is 0 Å². The number of nitrogens with zero attached hydrogens (tertiary/aromatic N) is 2. The molecule has 0 aliphatic heterocycles. The van der Waals surface area contributed by atoms with Gasteiger partial charge in [0.15, 0.2) is 0 Å². The highest BCUT2D eigenvalue weighted by atomic mass is 79.9. The van der Waals surface area contributed by atoms with Crippen LogP contribution in [0.4, 0.5) is 5.69 Å². The third-order valence-electron chi connectivity index (χ3n) is 4.13. The molecule has 0 radical (unpaired) electrons. The molecule has 0 aliphatic carbocycles. The summed E-state index contributed by atoms with van der Waals surface area (Å²) in [7, 11) is 4.05. The van der Waals surface area contributed by atoms with E-state index in [2.05, 4.69) is 51.2 Å².